The van der Waals surface area contributed by atoms with Crippen LogP contribution in [0.5, 0.6) is 0 Å². The summed E-state index contributed by atoms with van der Waals surface area (Å²) in [6.45, 7) is 4.64. The van der Waals surface area contributed by atoms with Crippen LogP contribution in [0.15, 0.2) is 23.3 Å². The van der Waals surface area contributed by atoms with Crippen molar-refractivity contribution in [2.24, 2.45) is 5.10 Å². The van der Waals surface area contributed by atoms with Crippen LogP contribution in [-0.2, 0) is 16.1 Å². The Bertz CT molecular complexity index is 696. The van der Waals surface area contributed by atoms with Gasteiger partial charge < -0.3 is 10.2 Å². The fraction of sp³-hybridized carbons (Fsp3) is 0.471. The maximum Gasteiger partial charge on any atom is 0.250 e. The molecular weight excluding hydrogens is 306 g/mol. The number of piperidine rings is 1. The third-order valence-electron chi connectivity index (χ3n) is 4.86. The van der Waals surface area contributed by atoms with E-state index in [4.69, 9.17) is 0 Å². The van der Waals surface area contributed by atoms with Crippen LogP contribution in [0, 0.1) is 0 Å². The molecule has 0 aromatic heterocycles. The van der Waals surface area contributed by atoms with E-state index >= 15 is 0 Å². The fourth-order valence-electron chi connectivity index (χ4n) is 3.48. The van der Waals surface area contributed by atoms with E-state index in [1.54, 1.807) is 5.01 Å². The smallest absolute Gasteiger partial charge is 0.250 e. The summed E-state index contributed by atoms with van der Waals surface area (Å²) in [6.07, 6.45) is 2.72. The number of imide groups is 1. The molecule has 0 radical (unpaired) electrons. The minimum atomic E-state index is -0.361. The summed E-state index contributed by atoms with van der Waals surface area (Å²) in [4.78, 5) is 25.7. The van der Waals surface area contributed by atoms with E-state index in [1.165, 1.54) is 5.69 Å². The topological polar surface area (TPSA) is 77.0 Å². The number of carbonyl (C=O) groups is 2. The number of rotatable bonds is 2. The van der Waals surface area contributed by atoms with Gasteiger partial charge in [-0.3, -0.25) is 19.9 Å². The molecule has 1 atom stereocenters. The van der Waals surface area contributed by atoms with Gasteiger partial charge in [0, 0.05) is 43.9 Å². The Morgan fingerprint density at radius 3 is 2.79 bits per heavy atom. The van der Waals surface area contributed by atoms with Crippen molar-refractivity contribution in [1.82, 2.24) is 15.6 Å². The number of hydrogen-bond donors (Lipinski definition) is 2. The summed E-state index contributed by atoms with van der Waals surface area (Å²) in [5.41, 5.74) is 3.49. The molecule has 24 heavy (non-hydrogen) atoms. The predicted octanol–water partition coefficient (Wildman–Crippen LogP) is 0.0509. The number of benzene rings is 1. The van der Waals surface area contributed by atoms with Crippen LogP contribution < -0.4 is 15.5 Å². The molecule has 0 saturated carbocycles. The molecular formula is C17H21N5O2. The van der Waals surface area contributed by atoms with Gasteiger partial charge in [-0.1, -0.05) is 6.07 Å². The minimum Gasteiger partial charge on any atom is -0.369 e. The summed E-state index contributed by atoms with van der Waals surface area (Å²) in [6, 6.07) is 6.08. The second kappa shape index (κ2) is 6.24. The first-order chi connectivity index (χ1) is 11.7. The van der Waals surface area contributed by atoms with E-state index in [9.17, 15) is 9.59 Å². The standard InChI is InChI=1S/C17H21N5O2/c23-16-4-3-15(17(24)20-16)22-11-12-1-2-14(9-13(12)10-19-22)21-7-5-18-6-8-21/h1-2,9-10,15,18H,3-8,11H2,(H,20,23,24). The third-order valence-corrected chi connectivity index (χ3v) is 4.86. The second-order valence-corrected chi connectivity index (χ2v) is 6.43. The average molecular weight is 327 g/mol. The van der Waals surface area contributed by atoms with E-state index in [0.29, 0.717) is 19.4 Å². The van der Waals surface area contributed by atoms with Crippen LogP contribution in [0.4, 0.5) is 5.69 Å². The van der Waals surface area contributed by atoms with Gasteiger partial charge in [0.25, 0.3) is 5.91 Å². The molecule has 2 saturated heterocycles. The van der Waals surface area contributed by atoms with Crippen molar-refractivity contribution in [2.75, 3.05) is 31.1 Å². The molecule has 0 aliphatic carbocycles. The highest BCUT2D eigenvalue weighted by Crippen LogP contribution is 2.25. The zero-order valence-electron chi connectivity index (χ0n) is 13.5. The second-order valence-electron chi connectivity index (χ2n) is 6.43. The lowest BCUT2D eigenvalue weighted by Gasteiger charge is -2.34. The molecule has 3 aliphatic heterocycles. The Kier molecular flexibility index (Phi) is 3.93. The number of nitrogens with one attached hydrogen (secondary N) is 2. The van der Waals surface area contributed by atoms with Crippen LogP contribution >= 0.6 is 0 Å². The molecule has 126 valence electrons. The number of hydrogen-bond acceptors (Lipinski definition) is 6. The maximum atomic E-state index is 12.0. The van der Waals surface area contributed by atoms with Gasteiger partial charge in [0.2, 0.25) is 5.91 Å². The Morgan fingerprint density at radius 2 is 2.00 bits per heavy atom. The molecule has 2 N–H and O–H groups in total. The van der Waals surface area contributed by atoms with Crippen molar-refractivity contribution >= 4 is 23.7 Å². The van der Waals surface area contributed by atoms with E-state index in [-0.39, 0.29) is 17.9 Å². The Labute approximate surface area is 140 Å². The van der Waals surface area contributed by atoms with Crippen LogP contribution in [0.2, 0.25) is 0 Å². The molecule has 3 heterocycles. The van der Waals surface area contributed by atoms with Crippen LogP contribution in [0.25, 0.3) is 0 Å². The van der Waals surface area contributed by atoms with Gasteiger partial charge in [0.1, 0.15) is 6.04 Å². The monoisotopic (exact) mass is 327 g/mol. The van der Waals surface area contributed by atoms with Crippen molar-refractivity contribution in [3.63, 3.8) is 0 Å². The summed E-state index contributed by atoms with van der Waals surface area (Å²) in [7, 11) is 0. The molecule has 2 amide bonds. The first-order valence-corrected chi connectivity index (χ1v) is 8.43. The third kappa shape index (κ3) is 2.87. The zero-order valence-corrected chi connectivity index (χ0v) is 13.5. The SMILES string of the molecule is O=C1CCC(N2Cc3ccc(N4CCNCC4)cc3C=N2)C(=O)N1. The van der Waals surface area contributed by atoms with E-state index in [1.807, 2.05) is 6.21 Å². The number of piperazine rings is 1. The lowest BCUT2D eigenvalue weighted by atomic mass is 10.0. The summed E-state index contributed by atoms with van der Waals surface area (Å²) >= 11 is 0. The zero-order chi connectivity index (χ0) is 16.5. The Morgan fingerprint density at radius 1 is 1.17 bits per heavy atom. The molecule has 1 unspecified atom stereocenters. The van der Waals surface area contributed by atoms with Crippen molar-refractivity contribution in [3.8, 4) is 0 Å². The van der Waals surface area contributed by atoms with Gasteiger partial charge in [-0.2, -0.15) is 5.10 Å². The number of fused-ring (bicyclic) bond motifs is 1. The van der Waals surface area contributed by atoms with Crippen LogP contribution in [0.3, 0.4) is 0 Å². The summed E-state index contributed by atoms with van der Waals surface area (Å²) < 4.78 is 0. The van der Waals surface area contributed by atoms with Crippen molar-refractivity contribution < 1.29 is 9.59 Å². The predicted molar refractivity (Wildman–Crippen MR) is 90.8 cm³/mol. The van der Waals surface area contributed by atoms with Gasteiger partial charge in [-0.05, 0) is 24.1 Å². The van der Waals surface area contributed by atoms with Gasteiger partial charge >= 0.3 is 0 Å². The Hall–Kier alpha value is -2.41. The molecule has 0 spiro atoms. The normalized spacial score (nSPS) is 23.9. The number of nitrogens with zero attached hydrogens (tertiary/aromatic N) is 3. The van der Waals surface area contributed by atoms with Crippen LogP contribution in [0.1, 0.15) is 24.0 Å². The highest BCUT2D eigenvalue weighted by atomic mass is 16.2. The Balaban J connectivity index is 1.50. The van der Waals surface area contributed by atoms with Gasteiger partial charge in [0.05, 0.1) is 12.8 Å². The molecule has 7 nitrogen and oxygen atoms in total. The van der Waals surface area contributed by atoms with E-state index in [2.05, 4.69) is 38.8 Å². The molecule has 7 heteroatoms. The number of hydrazone groups is 1. The summed E-state index contributed by atoms with van der Waals surface area (Å²) in [5.74, 6) is -0.442. The largest absolute Gasteiger partial charge is 0.369 e. The van der Waals surface area contributed by atoms with Gasteiger partial charge in [-0.15, -0.1) is 0 Å². The van der Waals surface area contributed by atoms with E-state index in [0.717, 1.165) is 37.3 Å². The highest BCUT2D eigenvalue weighted by Gasteiger charge is 2.32. The van der Waals surface area contributed by atoms with Crippen molar-refractivity contribution in [3.05, 3.63) is 29.3 Å². The molecule has 4 rings (SSSR count). The van der Waals surface area contributed by atoms with Crippen LogP contribution in [-0.4, -0.2) is 55.3 Å². The van der Waals surface area contributed by atoms with Crippen molar-refractivity contribution in [2.45, 2.75) is 25.4 Å². The molecule has 1 aromatic rings. The lowest BCUT2D eigenvalue weighted by Crippen LogP contribution is -2.51. The molecule has 3 aliphatic rings. The fourth-order valence-corrected chi connectivity index (χ4v) is 3.48. The quantitative estimate of drug-likeness (QED) is 0.751. The molecule has 0 bridgehead atoms. The van der Waals surface area contributed by atoms with Crippen molar-refractivity contribution in [1.29, 1.82) is 0 Å². The maximum absolute atomic E-state index is 12.0. The number of carbonyl (C=O) groups excluding carboxylic acids is 2. The number of anilines is 1. The van der Waals surface area contributed by atoms with E-state index < -0.39 is 0 Å². The van der Waals surface area contributed by atoms with Gasteiger partial charge in [0.15, 0.2) is 0 Å². The number of amides is 2. The highest BCUT2D eigenvalue weighted by molar-refractivity contribution is 6.00. The van der Waals surface area contributed by atoms with Gasteiger partial charge in [-0.25, -0.2) is 0 Å². The lowest BCUT2D eigenvalue weighted by molar-refractivity contribution is -0.137. The minimum absolute atomic E-state index is 0.196. The first kappa shape index (κ1) is 15.1. The summed E-state index contributed by atoms with van der Waals surface area (Å²) in [5, 5.41) is 12.0. The molecule has 1 aromatic carbocycles. The first-order valence-electron chi connectivity index (χ1n) is 8.43. The molecule has 2 fully saturated rings. The average Bonchev–Trinajstić information content (AvgIpc) is 2.62.